The molecule has 0 bridgehead atoms. The van der Waals surface area contributed by atoms with Gasteiger partial charge in [-0.05, 0) is 83.0 Å². The fourth-order valence-corrected chi connectivity index (χ4v) is 8.62. The maximum Gasteiger partial charge on any atom is 0.0317 e. The average molecular weight is 580 g/mol. The lowest BCUT2D eigenvalue weighted by Crippen LogP contribution is -2.24. The summed E-state index contributed by atoms with van der Waals surface area (Å²) in [5.41, 5.74) is 7.47. The van der Waals surface area contributed by atoms with E-state index in [1.165, 1.54) is 44.6 Å². The zero-order valence-electron chi connectivity index (χ0n) is 21.4. The van der Waals surface area contributed by atoms with Crippen LogP contribution in [0.4, 0.5) is 0 Å². The number of rotatable bonds is 2. The molecule has 6 rings (SSSR count). The lowest BCUT2D eigenvalue weighted by molar-refractivity contribution is 0.338. The van der Waals surface area contributed by atoms with Gasteiger partial charge in [0, 0.05) is 57.6 Å². The van der Waals surface area contributed by atoms with Crippen LogP contribution < -0.4 is 0 Å². The van der Waals surface area contributed by atoms with Gasteiger partial charge in [-0.3, -0.25) is 0 Å². The topological polar surface area (TPSA) is 6.48 Å². The first-order valence-corrected chi connectivity index (χ1v) is 15.4. The highest BCUT2D eigenvalue weighted by Crippen LogP contribution is 2.39. The first-order valence-electron chi connectivity index (χ1n) is 12.8. The Morgan fingerprint density at radius 3 is 1.72 bits per heavy atom. The summed E-state index contributed by atoms with van der Waals surface area (Å²) in [4.78, 5) is 8.03. The lowest BCUT2D eigenvalue weighted by Gasteiger charge is -2.20. The Morgan fingerprint density at radius 1 is 0.694 bits per heavy atom. The Morgan fingerprint density at radius 2 is 1.17 bits per heavy atom. The quantitative estimate of drug-likeness (QED) is 0.239. The summed E-state index contributed by atoms with van der Waals surface area (Å²) in [7, 11) is 4.46. The van der Waals surface area contributed by atoms with Crippen molar-refractivity contribution in [3.63, 3.8) is 0 Å². The highest BCUT2D eigenvalue weighted by atomic mass is 79.9. The number of fused-ring (bicyclic) bond motifs is 2. The highest BCUT2D eigenvalue weighted by Gasteiger charge is 2.26. The van der Waals surface area contributed by atoms with Crippen LogP contribution in [0.5, 0.6) is 0 Å². The van der Waals surface area contributed by atoms with Gasteiger partial charge in [-0.25, -0.2) is 0 Å². The van der Waals surface area contributed by atoms with Gasteiger partial charge in [0.1, 0.15) is 0 Å². The van der Waals surface area contributed by atoms with E-state index in [2.05, 4.69) is 118 Å². The summed E-state index contributed by atoms with van der Waals surface area (Å²) in [6.45, 7) is 6.82. The molecule has 0 saturated heterocycles. The number of halogens is 1. The molecule has 2 aliphatic heterocycles. The fourth-order valence-electron chi connectivity index (χ4n) is 5.47. The number of hydrogen-bond donors (Lipinski definition) is 0. The Bertz CT molecular complexity index is 1160. The van der Waals surface area contributed by atoms with E-state index in [1.54, 1.807) is 10.4 Å². The van der Waals surface area contributed by atoms with E-state index >= 15 is 0 Å². The molecule has 4 heterocycles. The molecule has 2 nitrogen and oxygen atoms in total. The number of benzene rings is 2. The number of hydrogen-bond acceptors (Lipinski definition) is 4. The zero-order valence-corrected chi connectivity index (χ0v) is 24.6. The molecule has 4 aromatic rings. The average Bonchev–Trinajstić information content (AvgIpc) is 3.33. The van der Waals surface area contributed by atoms with Crippen molar-refractivity contribution in [2.24, 2.45) is 0 Å². The molecule has 0 N–H and O–H groups in total. The van der Waals surface area contributed by atoms with Crippen LogP contribution in [0.15, 0.2) is 75.9 Å². The van der Waals surface area contributed by atoms with Gasteiger partial charge in [-0.1, -0.05) is 60.7 Å². The van der Waals surface area contributed by atoms with Crippen molar-refractivity contribution in [2.45, 2.75) is 31.6 Å². The van der Waals surface area contributed by atoms with Crippen LogP contribution in [0.2, 0.25) is 0 Å². The molecule has 2 aromatic heterocycles. The van der Waals surface area contributed by atoms with Crippen molar-refractivity contribution in [1.82, 2.24) is 9.80 Å². The van der Waals surface area contributed by atoms with Crippen LogP contribution in [0, 0.1) is 6.92 Å². The minimum Gasteiger partial charge on any atom is -0.305 e. The summed E-state index contributed by atoms with van der Waals surface area (Å²) in [5, 5.41) is 4.57. The minimum atomic E-state index is 0.519. The van der Waals surface area contributed by atoms with Crippen molar-refractivity contribution in [1.29, 1.82) is 0 Å². The molecule has 2 atom stereocenters. The highest BCUT2D eigenvalue weighted by molar-refractivity contribution is 9.10. The van der Waals surface area contributed by atoms with Gasteiger partial charge in [-0.2, -0.15) is 0 Å². The number of likely N-dealkylation sites (N-methyl/N-ethyl adjacent to an activating group) is 2. The summed E-state index contributed by atoms with van der Waals surface area (Å²) in [5.74, 6) is 1.07. The standard InChI is InChI=1S/C16H19NS.C15H16BrNS/c1-12-11-18-16-14(12)8-9-17(2)10-15(16)13-6-4-3-5-7-13;1-17-8-7-12-14(16)10-18-15(12)13(9-17)11-5-3-2-4-6-11/h3-7,11,15H,8-10H2,1-2H3;2-6,10,13H,7-9H2,1H3. The smallest absolute Gasteiger partial charge is 0.0317 e. The van der Waals surface area contributed by atoms with Crippen LogP contribution in [0.3, 0.4) is 0 Å². The van der Waals surface area contributed by atoms with Gasteiger partial charge < -0.3 is 9.80 Å². The molecule has 2 aliphatic rings. The van der Waals surface area contributed by atoms with E-state index in [-0.39, 0.29) is 0 Å². The normalized spacial score (nSPS) is 20.4. The Kier molecular flexibility index (Phi) is 8.44. The van der Waals surface area contributed by atoms with Gasteiger partial charge in [0.05, 0.1) is 0 Å². The predicted molar refractivity (Wildman–Crippen MR) is 160 cm³/mol. The molecular weight excluding hydrogens is 544 g/mol. The monoisotopic (exact) mass is 578 g/mol. The first kappa shape index (κ1) is 25.9. The van der Waals surface area contributed by atoms with Crippen molar-refractivity contribution >= 4 is 38.6 Å². The summed E-state index contributed by atoms with van der Waals surface area (Å²) in [6, 6.07) is 21.8. The SMILES string of the molecule is CN1CCc2c(Br)csc2C(c2ccccc2)C1.Cc1csc2c1CCN(C)CC2c1ccccc1. The molecule has 0 saturated carbocycles. The predicted octanol–water partition coefficient (Wildman–Crippen LogP) is 7.81. The first-order chi connectivity index (χ1) is 17.5. The van der Waals surface area contributed by atoms with Crippen molar-refractivity contribution in [3.05, 3.63) is 113 Å². The minimum absolute atomic E-state index is 0.519. The maximum absolute atomic E-state index is 3.70. The maximum atomic E-state index is 3.70. The molecule has 0 spiro atoms. The van der Waals surface area contributed by atoms with Gasteiger partial charge in [0.15, 0.2) is 0 Å². The molecule has 0 radical (unpaired) electrons. The van der Waals surface area contributed by atoms with E-state index < -0.39 is 0 Å². The van der Waals surface area contributed by atoms with Crippen molar-refractivity contribution < 1.29 is 0 Å². The van der Waals surface area contributed by atoms with Crippen LogP contribution in [-0.2, 0) is 12.8 Å². The number of nitrogens with zero attached hydrogens (tertiary/aromatic N) is 2. The largest absolute Gasteiger partial charge is 0.305 e. The zero-order chi connectivity index (χ0) is 25.1. The molecule has 36 heavy (non-hydrogen) atoms. The molecule has 188 valence electrons. The number of thiophene rings is 2. The lowest BCUT2D eigenvalue weighted by atomic mass is 9.94. The third-order valence-corrected chi connectivity index (χ3v) is 10.9. The molecule has 0 amide bonds. The van der Waals surface area contributed by atoms with E-state index in [4.69, 9.17) is 0 Å². The van der Waals surface area contributed by atoms with Crippen LogP contribution in [0.25, 0.3) is 0 Å². The van der Waals surface area contributed by atoms with Crippen LogP contribution in [0.1, 0.15) is 49.4 Å². The molecular formula is C31H35BrN2S2. The third-order valence-electron chi connectivity index (χ3n) is 7.52. The Labute approximate surface area is 232 Å². The second-order valence-corrected chi connectivity index (χ2v) is 12.8. The second-order valence-electron chi connectivity index (χ2n) is 10.1. The summed E-state index contributed by atoms with van der Waals surface area (Å²) < 4.78 is 1.29. The summed E-state index contributed by atoms with van der Waals surface area (Å²) >= 11 is 7.54. The van der Waals surface area contributed by atoms with E-state index in [0.29, 0.717) is 11.8 Å². The van der Waals surface area contributed by atoms with E-state index in [9.17, 15) is 0 Å². The Balaban J connectivity index is 0.000000148. The van der Waals surface area contributed by atoms with Gasteiger partial charge >= 0.3 is 0 Å². The fraction of sp³-hybridized carbons (Fsp3) is 0.355. The Hall–Kier alpha value is -1.76. The van der Waals surface area contributed by atoms with Crippen molar-refractivity contribution in [3.8, 4) is 0 Å². The second kappa shape index (κ2) is 11.7. The van der Waals surface area contributed by atoms with Gasteiger partial charge in [0.2, 0.25) is 0 Å². The van der Waals surface area contributed by atoms with Crippen molar-refractivity contribution in [2.75, 3.05) is 40.3 Å². The third kappa shape index (κ3) is 5.71. The molecule has 5 heteroatoms. The van der Waals surface area contributed by atoms with E-state index in [0.717, 1.165) is 26.1 Å². The molecule has 0 fully saturated rings. The molecule has 0 aliphatic carbocycles. The molecule has 2 unspecified atom stereocenters. The summed E-state index contributed by atoms with van der Waals surface area (Å²) in [6.07, 6.45) is 2.35. The molecule has 2 aromatic carbocycles. The van der Waals surface area contributed by atoms with Crippen LogP contribution >= 0.6 is 38.6 Å². The van der Waals surface area contributed by atoms with Crippen LogP contribution in [-0.4, -0.2) is 50.1 Å². The van der Waals surface area contributed by atoms with Gasteiger partial charge in [0.25, 0.3) is 0 Å². The van der Waals surface area contributed by atoms with E-state index in [1.807, 2.05) is 22.7 Å². The van der Waals surface area contributed by atoms with Gasteiger partial charge in [-0.15, -0.1) is 22.7 Å². The number of aryl methyl sites for hydroxylation is 1.